The highest BCUT2D eigenvalue weighted by Gasteiger charge is 2.39. The molecule has 0 atom stereocenters. The summed E-state index contributed by atoms with van der Waals surface area (Å²) in [5, 5.41) is 2.93. The van der Waals surface area contributed by atoms with Gasteiger partial charge in [-0.05, 0) is 44.7 Å². The summed E-state index contributed by atoms with van der Waals surface area (Å²) in [7, 11) is 0. The lowest BCUT2D eigenvalue weighted by molar-refractivity contribution is -0.139. The summed E-state index contributed by atoms with van der Waals surface area (Å²) >= 11 is 0. The molecule has 0 bridgehead atoms. The van der Waals surface area contributed by atoms with E-state index in [0.29, 0.717) is 19.4 Å². The Bertz CT molecular complexity index is 578. The number of halogens is 1. The minimum Gasteiger partial charge on any atom is -0.332 e. The van der Waals surface area contributed by atoms with E-state index < -0.39 is 5.54 Å². The number of anilines is 1. The van der Waals surface area contributed by atoms with Crippen LogP contribution in [0.5, 0.6) is 0 Å². The molecule has 2 rings (SSSR count). The van der Waals surface area contributed by atoms with Gasteiger partial charge in [-0.1, -0.05) is 31.0 Å². The fourth-order valence-corrected chi connectivity index (χ4v) is 3.23. The maximum atomic E-state index is 12.6. The van der Waals surface area contributed by atoms with Gasteiger partial charge in [0.25, 0.3) is 0 Å². The van der Waals surface area contributed by atoms with E-state index in [-0.39, 0.29) is 30.8 Å². The highest BCUT2D eigenvalue weighted by molar-refractivity contribution is 5.97. The fraction of sp³-hybridized carbons (Fsp3) is 0.556. The van der Waals surface area contributed by atoms with Gasteiger partial charge in [0.2, 0.25) is 11.8 Å². The van der Waals surface area contributed by atoms with Gasteiger partial charge >= 0.3 is 0 Å². The molecule has 1 saturated carbocycles. The van der Waals surface area contributed by atoms with Gasteiger partial charge in [-0.3, -0.25) is 9.59 Å². The summed E-state index contributed by atoms with van der Waals surface area (Å²) in [6.45, 7) is 6.32. The molecule has 0 radical (unpaired) electrons. The molecule has 0 saturated heterocycles. The van der Waals surface area contributed by atoms with Crippen molar-refractivity contribution in [2.75, 3.05) is 18.4 Å². The molecule has 0 spiro atoms. The number of likely N-dealkylation sites (N-methyl/N-ethyl adjacent to an activating group) is 1. The Balaban J connectivity index is 0.00000288. The van der Waals surface area contributed by atoms with Crippen molar-refractivity contribution < 1.29 is 9.59 Å². The molecular formula is C18H28ClN3O2. The second-order valence-electron chi connectivity index (χ2n) is 6.50. The van der Waals surface area contributed by atoms with E-state index >= 15 is 0 Å². The first-order chi connectivity index (χ1) is 10.9. The van der Waals surface area contributed by atoms with Crippen LogP contribution in [0.3, 0.4) is 0 Å². The minimum absolute atomic E-state index is 0. The van der Waals surface area contributed by atoms with Crippen molar-refractivity contribution in [1.82, 2.24) is 4.90 Å². The molecule has 1 fully saturated rings. The maximum Gasteiger partial charge on any atom is 0.244 e. The van der Waals surface area contributed by atoms with Gasteiger partial charge in [-0.15, -0.1) is 12.4 Å². The summed E-state index contributed by atoms with van der Waals surface area (Å²) < 4.78 is 0. The molecule has 134 valence electrons. The molecule has 0 aromatic heterocycles. The first-order valence-corrected chi connectivity index (χ1v) is 8.31. The van der Waals surface area contributed by atoms with E-state index in [4.69, 9.17) is 5.73 Å². The average molecular weight is 354 g/mol. The van der Waals surface area contributed by atoms with Gasteiger partial charge in [0.1, 0.15) is 0 Å². The number of nitrogens with one attached hydrogen (secondary N) is 1. The summed E-state index contributed by atoms with van der Waals surface area (Å²) in [5.41, 5.74) is 8.30. The monoisotopic (exact) mass is 353 g/mol. The third-order valence-electron chi connectivity index (χ3n) is 4.67. The number of para-hydroxylation sites is 1. The fourth-order valence-electron chi connectivity index (χ4n) is 3.23. The smallest absolute Gasteiger partial charge is 0.244 e. The topological polar surface area (TPSA) is 75.4 Å². The Hall–Kier alpha value is -1.59. The number of nitrogens with zero attached hydrogens (tertiary/aromatic N) is 1. The van der Waals surface area contributed by atoms with Crippen molar-refractivity contribution in [1.29, 1.82) is 0 Å². The number of carbonyl (C=O) groups excluding carboxylic acids is 2. The van der Waals surface area contributed by atoms with Gasteiger partial charge in [-0.25, -0.2) is 0 Å². The predicted molar refractivity (Wildman–Crippen MR) is 99.4 cm³/mol. The zero-order valence-corrected chi connectivity index (χ0v) is 15.5. The van der Waals surface area contributed by atoms with Crippen molar-refractivity contribution in [3.63, 3.8) is 0 Å². The molecule has 5 nitrogen and oxygen atoms in total. The predicted octanol–water partition coefficient (Wildman–Crippen LogP) is 2.78. The quantitative estimate of drug-likeness (QED) is 0.854. The Morgan fingerprint density at radius 3 is 2.25 bits per heavy atom. The van der Waals surface area contributed by atoms with Crippen LogP contribution in [0.15, 0.2) is 18.2 Å². The number of nitrogens with two attached hydrogens (primary N) is 1. The van der Waals surface area contributed by atoms with Crippen LogP contribution in [0.1, 0.15) is 43.7 Å². The van der Waals surface area contributed by atoms with Crippen molar-refractivity contribution in [2.45, 2.75) is 52.0 Å². The molecule has 3 N–H and O–H groups in total. The molecule has 1 aromatic rings. The summed E-state index contributed by atoms with van der Waals surface area (Å²) in [6.07, 6.45) is 3.38. The Morgan fingerprint density at radius 1 is 1.21 bits per heavy atom. The summed E-state index contributed by atoms with van der Waals surface area (Å²) in [6, 6.07) is 5.87. The van der Waals surface area contributed by atoms with Crippen LogP contribution in [0.25, 0.3) is 0 Å². The molecule has 1 aliphatic rings. The zero-order chi connectivity index (χ0) is 17.0. The number of rotatable bonds is 5. The van der Waals surface area contributed by atoms with Gasteiger partial charge in [0, 0.05) is 12.2 Å². The number of carbonyl (C=O) groups is 2. The SMILES string of the molecule is CCN(CC(=O)Nc1c(C)cccc1C)C(=O)C1(N)CCCC1.Cl. The number of amides is 2. The number of benzene rings is 1. The molecule has 1 aromatic carbocycles. The normalized spacial score (nSPS) is 15.5. The summed E-state index contributed by atoms with van der Waals surface area (Å²) in [4.78, 5) is 26.6. The molecular weight excluding hydrogens is 326 g/mol. The van der Waals surface area contributed by atoms with Crippen molar-refractivity contribution in [2.24, 2.45) is 5.73 Å². The second kappa shape index (κ2) is 8.49. The van der Waals surface area contributed by atoms with E-state index in [1.807, 2.05) is 39.0 Å². The highest BCUT2D eigenvalue weighted by Crippen LogP contribution is 2.29. The molecule has 6 heteroatoms. The van der Waals surface area contributed by atoms with E-state index in [1.165, 1.54) is 0 Å². The Labute approximate surface area is 150 Å². The molecule has 24 heavy (non-hydrogen) atoms. The standard InChI is InChI=1S/C18H27N3O2.ClH/c1-4-21(17(23)18(19)10-5-6-11-18)12-15(22)20-16-13(2)8-7-9-14(16)3;/h7-9H,4-6,10-12,19H2,1-3H3,(H,20,22);1H. The van der Waals surface area contributed by atoms with E-state index in [2.05, 4.69) is 5.32 Å². The molecule has 0 aliphatic heterocycles. The van der Waals surface area contributed by atoms with Crippen LogP contribution in [-0.4, -0.2) is 35.3 Å². The highest BCUT2D eigenvalue weighted by atomic mass is 35.5. The van der Waals surface area contributed by atoms with Gasteiger partial charge in [-0.2, -0.15) is 0 Å². The molecule has 0 heterocycles. The van der Waals surface area contributed by atoms with Crippen LogP contribution >= 0.6 is 12.4 Å². The van der Waals surface area contributed by atoms with Crippen LogP contribution in [0, 0.1) is 13.8 Å². The zero-order valence-electron chi connectivity index (χ0n) is 14.7. The van der Waals surface area contributed by atoms with Crippen molar-refractivity contribution >= 4 is 29.9 Å². The third kappa shape index (κ3) is 4.48. The van der Waals surface area contributed by atoms with Gasteiger partial charge in [0.05, 0.1) is 12.1 Å². The van der Waals surface area contributed by atoms with Crippen molar-refractivity contribution in [3.05, 3.63) is 29.3 Å². The van der Waals surface area contributed by atoms with E-state index in [1.54, 1.807) is 4.90 Å². The number of hydrogen-bond donors (Lipinski definition) is 2. The average Bonchev–Trinajstić information content (AvgIpc) is 2.96. The van der Waals surface area contributed by atoms with Gasteiger partial charge in [0.15, 0.2) is 0 Å². The van der Waals surface area contributed by atoms with E-state index in [9.17, 15) is 9.59 Å². The minimum atomic E-state index is -0.783. The van der Waals surface area contributed by atoms with Gasteiger partial charge < -0.3 is 16.0 Å². The lowest BCUT2D eigenvalue weighted by atomic mass is 9.97. The van der Waals surface area contributed by atoms with Crippen LogP contribution in [0.2, 0.25) is 0 Å². The first-order valence-electron chi connectivity index (χ1n) is 8.31. The Morgan fingerprint density at radius 2 is 1.75 bits per heavy atom. The van der Waals surface area contributed by atoms with Crippen molar-refractivity contribution in [3.8, 4) is 0 Å². The van der Waals surface area contributed by atoms with Crippen LogP contribution in [-0.2, 0) is 9.59 Å². The molecule has 0 unspecified atom stereocenters. The number of aryl methyl sites for hydroxylation is 2. The molecule has 1 aliphatic carbocycles. The first kappa shape index (κ1) is 20.5. The summed E-state index contributed by atoms with van der Waals surface area (Å²) in [5.74, 6) is -0.284. The third-order valence-corrected chi connectivity index (χ3v) is 4.67. The molecule has 2 amide bonds. The van der Waals surface area contributed by atoms with Crippen LogP contribution < -0.4 is 11.1 Å². The van der Waals surface area contributed by atoms with E-state index in [0.717, 1.165) is 29.7 Å². The lowest BCUT2D eigenvalue weighted by Crippen LogP contribution is -2.55. The Kier molecular flexibility index (Phi) is 7.24. The maximum absolute atomic E-state index is 12.6. The second-order valence-corrected chi connectivity index (χ2v) is 6.50. The number of hydrogen-bond acceptors (Lipinski definition) is 3. The van der Waals surface area contributed by atoms with Crippen LogP contribution in [0.4, 0.5) is 5.69 Å². The largest absolute Gasteiger partial charge is 0.332 e. The lowest BCUT2D eigenvalue weighted by Gasteiger charge is -2.30.